The molecule has 5 rings (SSSR count). The predicted molar refractivity (Wildman–Crippen MR) is 122 cm³/mol. The Bertz CT molecular complexity index is 1150. The molecule has 0 amide bonds. The fourth-order valence-corrected chi connectivity index (χ4v) is 4.60. The van der Waals surface area contributed by atoms with Crippen molar-refractivity contribution >= 4 is 17.6 Å². The summed E-state index contributed by atoms with van der Waals surface area (Å²) in [4.78, 5) is 2.24. The predicted octanol–water partition coefficient (Wildman–Crippen LogP) is 5.80. The first-order chi connectivity index (χ1) is 14.1. The lowest BCUT2D eigenvalue weighted by Gasteiger charge is -2.23. The summed E-state index contributed by atoms with van der Waals surface area (Å²) in [5, 5.41) is 9.05. The van der Waals surface area contributed by atoms with Gasteiger partial charge < -0.3 is 4.90 Å². The van der Waals surface area contributed by atoms with Gasteiger partial charge in [-0.2, -0.15) is 5.10 Å². The van der Waals surface area contributed by atoms with Crippen LogP contribution in [0.5, 0.6) is 0 Å². The zero-order valence-electron chi connectivity index (χ0n) is 16.9. The Morgan fingerprint density at radius 1 is 0.759 bits per heavy atom. The molecule has 0 N–H and O–H groups in total. The van der Waals surface area contributed by atoms with E-state index in [1.807, 2.05) is 6.21 Å². The Balaban J connectivity index is 1.50. The van der Waals surface area contributed by atoms with Crippen molar-refractivity contribution in [2.24, 2.45) is 10.2 Å². The molecule has 3 nitrogen and oxygen atoms in total. The first-order valence-corrected chi connectivity index (χ1v) is 9.93. The van der Waals surface area contributed by atoms with Gasteiger partial charge in [0, 0.05) is 35.0 Å². The number of anilines is 1. The van der Waals surface area contributed by atoms with Crippen molar-refractivity contribution in [3.8, 4) is 11.1 Å². The van der Waals surface area contributed by atoms with Crippen molar-refractivity contribution in [1.82, 2.24) is 0 Å². The van der Waals surface area contributed by atoms with Crippen LogP contribution in [0.3, 0.4) is 0 Å². The number of benzene rings is 3. The van der Waals surface area contributed by atoms with E-state index in [4.69, 9.17) is 0 Å². The summed E-state index contributed by atoms with van der Waals surface area (Å²) in [5.74, 6) is 0. The summed E-state index contributed by atoms with van der Waals surface area (Å²) in [6.45, 7) is 4.51. The molecule has 0 radical (unpaired) electrons. The van der Waals surface area contributed by atoms with Crippen molar-refractivity contribution < 1.29 is 0 Å². The molecule has 0 bridgehead atoms. The maximum Gasteiger partial charge on any atom is 0.101 e. The van der Waals surface area contributed by atoms with Crippen LogP contribution in [0.2, 0.25) is 0 Å². The summed E-state index contributed by atoms with van der Waals surface area (Å²) >= 11 is 0. The molecule has 0 spiro atoms. The molecule has 3 aromatic carbocycles. The van der Waals surface area contributed by atoms with E-state index >= 15 is 0 Å². The quantitative estimate of drug-likeness (QED) is 0.320. The lowest BCUT2D eigenvalue weighted by atomic mass is 9.84. The summed E-state index contributed by atoms with van der Waals surface area (Å²) in [6, 6.07) is 25.3. The van der Waals surface area contributed by atoms with Gasteiger partial charge in [0.15, 0.2) is 0 Å². The van der Waals surface area contributed by atoms with Gasteiger partial charge in [-0.3, -0.25) is 0 Å². The Kier molecular flexibility index (Phi) is 3.99. The molecule has 142 valence electrons. The van der Waals surface area contributed by atoms with E-state index in [-0.39, 0.29) is 5.41 Å². The molecule has 1 heterocycles. The van der Waals surface area contributed by atoms with Crippen molar-refractivity contribution in [2.75, 3.05) is 11.9 Å². The molecular weight excluding hydrogens is 354 g/mol. The summed E-state index contributed by atoms with van der Waals surface area (Å²) in [5.41, 5.74) is 9.42. The Morgan fingerprint density at radius 3 is 1.93 bits per heavy atom. The lowest BCUT2D eigenvalue weighted by molar-refractivity contribution is 0.641. The van der Waals surface area contributed by atoms with Gasteiger partial charge in [-0.05, 0) is 28.8 Å². The van der Waals surface area contributed by atoms with Crippen molar-refractivity contribution in [1.29, 1.82) is 0 Å². The number of likely N-dealkylation sites (N-methyl/N-ethyl adjacent to an activating group) is 1. The minimum atomic E-state index is -0.0585. The van der Waals surface area contributed by atoms with Gasteiger partial charge in [-0.25, -0.2) is 0 Å². The fraction of sp³-hybridized carbons (Fsp3) is 0.154. The van der Waals surface area contributed by atoms with Gasteiger partial charge >= 0.3 is 0 Å². The van der Waals surface area contributed by atoms with Crippen LogP contribution in [0.15, 0.2) is 94.8 Å². The van der Waals surface area contributed by atoms with Crippen LogP contribution in [0.4, 0.5) is 5.69 Å². The Labute approximate surface area is 171 Å². The largest absolute Gasteiger partial charge is 0.347 e. The highest BCUT2D eigenvalue weighted by atomic mass is 15.2. The molecule has 0 unspecified atom stereocenters. The van der Waals surface area contributed by atoms with Crippen molar-refractivity contribution in [3.05, 3.63) is 101 Å². The van der Waals surface area contributed by atoms with Gasteiger partial charge in [-0.15, -0.1) is 5.10 Å². The van der Waals surface area contributed by atoms with Crippen LogP contribution in [-0.4, -0.2) is 19.0 Å². The zero-order valence-corrected chi connectivity index (χ0v) is 16.9. The molecule has 0 atom stereocenters. The van der Waals surface area contributed by atoms with Gasteiger partial charge in [0.05, 0.1) is 6.21 Å². The van der Waals surface area contributed by atoms with Crippen LogP contribution < -0.4 is 4.90 Å². The van der Waals surface area contributed by atoms with Crippen LogP contribution in [0.1, 0.15) is 30.5 Å². The Hall–Kier alpha value is -3.46. The molecule has 1 aliphatic heterocycles. The third-order valence-corrected chi connectivity index (χ3v) is 6.05. The standard InChI is InChI=1S/C26H23N3/c1-26(2)22-14-8-9-15-23(22)29(3)24(26)16-17-27-28-25-20-12-6-4-10-18(20)19-11-5-7-13-21(19)25/h4-17H,1-3H3/b24-16-,27-17+. The second-order valence-corrected chi connectivity index (χ2v) is 8.06. The second kappa shape index (κ2) is 6.56. The van der Waals surface area contributed by atoms with E-state index in [0.717, 1.165) is 16.8 Å². The molecule has 3 aromatic rings. The van der Waals surface area contributed by atoms with Crippen LogP contribution in [0, 0.1) is 0 Å². The molecule has 29 heavy (non-hydrogen) atoms. The van der Waals surface area contributed by atoms with Crippen LogP contribution >= 0.6 is 0 Å². The Morgan fingerprint density at radius 2 is 1.31 bits per heavy atom. The summed E-state index contributed by atoms with van der Waals surface area (Å²) in [6.07, 6.45) is 3.90. The minimum absolute atomic E-state index is 0.0585. The van der Waals surface area contributed by atoms with E-state index in [9.17, 15) is 0 Å². The van der Waals surface area contributed by atoms with Gasteiger partial charge in [-0.1, -0.05) is 80.6 Å². The van der Waals surface area contributed by atoms with Crippen molar-refractivity contribution in [2.45, 2.75) is 19.3 Å². The molecule has 0 fully saturated rings. The number of para-hydroxylation sites is 1. The van der Waals surface area contributed by atoms with E-state index in [1.165, 1.54) is 28.1 Å². The smallest absolute Gasteiger partial charge is 0.101 e. The highest BCUT2D eigenvalue weighted by Gasteiger charge is 2.37. The van der Waals surface area contributed by atoms with Gasteiger partial charge in [0.2, 0.25) is 0 Å². The molecule has 3 heteroatoms. The molecular formula is C26H23N3. The lowest BCUT2D eigenvalue weighted by Crippen LogP contribution is -2.23. The maximum absolute atomic E-state index is 4.61. The number of hydrogen-bond donors (Lipinski definition) is 0. The number of fused-ring (bicyclic) bond motifs is 4. The third-order valence-electron chi connectivity index (χ3n) is 6.05. The van der Waals surface area contributed by atoms with E-state index < -0.39 is 0 Å². The highest BCUT2D eigenvalue weighted by molar-refractivity contribution is 6.24. The zero-order chi connectivity index (χ0) is 20.0. The fourth-order valence-electron chi connectivity index (χ4n) is 4.60. The van der Waals surface area contributed by atoms with E-state index in [0.29, 0.717) is 0 Å². The summed E-state index contributed by atoms with van der Waals surface area (Å²) < 4.78 is 0. The van der Waals surface area contributed by atoms with Crippen LogP contribution in [0.25, 0.3) is 11.1 Å². The van der Waals surface area contributed by atoms with Gasteiger partial charge in [0.1, 0.15) is 5.71 Å². The summed E-state index contributed by atoms with van der Waals surface area (Å²) in [7, 11) is 2.11. The SMILES string of the molecule is CN1/C(=C\C=N\N=C2c3ccccc3-c3ccccc32)C(C)(C)c2ccccc21. The first-order valence-electron chi connectivity index (χ1n) is 9.93. The monoisotopic (exact) mass is 377 g/mol. The number of rotatable bonds is 2. The number of nitrogens with zero attached hydrogens (tertiary/aromatic N) is 3. The highest BCUT2D eigenvalue weighted by Crippen LogP contribution is 2.46. The van der Waals surface area contributed by atoms with Crippen molar-refractivity contribution in [3.63, 3.8) is 0 Å². The first kappa shape index (κ1) is 17.6. The number of hydrogen-bond acceptors (Lipinski definition) is 3. The molecule has 0 saturated heterocycles. The topological polar surface area (TPSA) is 28.0 Å². The minimum Gasteiger partial charge on any atom is -0.347 e. The number of allylic oxidation sites excluding steroid dienone is 2. The molecule has 0 aromatic heterocycles. The molecule has 2 aliphatic rings. The van der Waals surface area contributed by atoms with Gasteiger partial charge in [0.25, 0.3) is 0 Å². The molecule has 0 saturated carbocycles. The molecule has 1 aliphatic carbocycles. The maximum atomic E-state index is 4.61. The average molecular weight is 377 g/mol. The van der Waals surface area contributed by atoms with E-state index in [1.54, 1.807) is 0 Å². The second-order valence-electron chi connectivity index (χ2n) is 8.06. The average Bonchev–Trinajstić information content (AvgIpc) is 3.16. The normalized spacial score (nSPS) is 17.6. The van der Waals surface area contributed by atoms with E-state index in [2.05, 4.69) is 115 Å². The third kappa shape index (κ3) is 2.65. The van der Waals surface area contributed by atoms with Crippen LogP contribution in [-0.2, 0) is 5.41 Å².